The summed E-state index contributed by atoms with van der Waals surface area (Å²) in [4.78, 5) is 76.2. The van der Waals surface area contributed by atoms with Gasteiger partial charge in [0.1, 0.15) is 18.8 Å². The number of ether oxygens (including phenoxy) is 6. The molecule has 17 nitrogen and oxygen atoms in total. The van der Waals surface area contributed by atoms with E-state index in [4.69, 9.17) is 51.4 Å². The summed E-state index contributed by atoms with van der Waals surface area (Å²) in [6.45, 7) is 1.95. The number of nitrogens with two attached hydrogens (primary N) is 4. The van der Waals surface area contributed by atoms with Crippen LogP contribution in [0.25, 0.3) is 0 Å². The molecule has 348 valence electrons. The van der Waals surface area contributed by atoms with Crippen LogP contribution in [0, 0.1) is 0 Å². The van der Waals surface area contributed by atoms with E-state index in [1.807, 2.05) is 0 Å². The van der Waals surface area contributed by atoms with Crippen LogP contribution in [-0.2, 0) is 57.2 Å². The Hall–Kier alpha value is -2.68. The Labute approximate surface area is 365 Å². The summed E-state index contributed by atoms with van der Waals surface area (Å²) in [6, 6.07) is -1.03. The molecule has 0 aromatic heterocycles. The first-order chi connectivity index (χ1) is 29.0. The molecule has 0 aromatic carbocycles. The van der Waals surface area contributed by atoms with Crippen LogP contribution in [0.4, 0.5) is 0 Å². The number of carbonyl (C=O) groups is 6. The number of amides is 1. The number of carbonyl (C=O) groups excluding carboxylic acids is 6. The van der Waals surface area contributed by atoms with Gasteiger partial charge in [-0.15, -0.1) is 0 Å². The number of unbranched alkanes of at least 4 members (excludes halogenated alkanes) is 17. The molecule has 9 N–H and O–H groups in total. The van der Waals surface area contributed by atoms with E-state index in [-0.39, 0.29) is 24.7 Å². The van der Waals surface area contributed by atoms with Crippen molar-refractivity contribution < 1.29 is 57.2 Å². The average Bonchev–Trinajstić information content (AvgIpc) is 3.25. The lowest BCUT2D eigenvalue weighted by atomic mass is 9.99. The van der Waals surface area contributed by atoms with Gasteiger partial charge in [0.2, 0.25) is 5.91 Å². The van der Waals surface area contributed by atoms with Gasteiger partial charge in [-0.2, -0.15) is 0 Å². The van der Waals surface area contributed by atoms with Gasteiger partial charge in [-0.1, -0.05) is 145 Å². The van der Waals surface area contributed by atoms with Crippen LogP contribution in [-0.4, -0.2) is 117 Å². The molecule has 0 aromatic rings. The van der Waals surface area contributed by atoms with Gasteiger partial charge >= 0.3 is 29.8 Å². The summed E-state index contributed by atoms with van der Waals surface area (Å²) < 4.78 is 33.6. The van der Waals surface area contributed by atoms with Gasteiger partial charge in [0.25, 0.3) is 0 Å². The predicted octanol–water partition coefficient (Wildman–Crippen LogP) is 4.08. The third-order valence-corrected chi connectivity index (χ3v) is 12.3. The van der Waals surface area contributed by atoms with Crippen molar-refractivity contribution in [3.63, 3.8) is 0 Å². The van der Waals surface area contributed by atoms with Gasteiger partial charge in [0, 0.05) is 12.2 Å². The van der Waals surface area contributed by atoms with E-state index in [1.54, 1.807) is 0 Å². The van der Waals surface area contributed by atoms with Crippen LogP contribution in [0.5, 0.6) is 0 Å². The first kappa shape index (κ1) is 55.3. The van der Waals surface area contributed by atoms with Gasteiger partial charge in [-0.05, 0) is 12.8 Å². The van der Waals surface area contributed by atoms with Crippen molar-refractivity contribution in [2.24, 2.45) is 22.9 Å². The fourth-order valence-corrected chi connectivity index (χ4v) is 8.98. The standard InChI is InChI=1S/C41H75N5O12S2/c1-3-5-7-9-11-13-15-17-19-21-23-53-40(52)30(46-32(47)22-20-18-16-14-12-10-8-6-4-2)29-59-60-41-39(58-36(51)27-45)38(57-35(50)26-44)37(56-34(49)25-43)31(55-41)28-54-33(48)24-42/h30-31,37-39,41H,3-29,42-45H2,1-2H3,(H,46,47)/t30?,31?,37-,38+,39-,41?/m1/s1. The monoisotopic (exact) mass is 893 g/mol. The molecule has 1 heterocycles. The minimum Gasteiger partial charge on any atom is -0.464 e. The zero-order valence-electron chi connectivity index (χ0n) is 36.1. The molecule has 1 aliphatic heterocycles. The molecule has 6 atom stereocenters. The lowest BCUT2D eigenvalue weighted by Crippen LogP contribution is -2.62. The van der Waals surface area contributed by atoms with Crippen LogP contribution in [0.2, 0.25) is 0 Å². The maximum Gasteiger partial charge on any atom is 0.329 e. The second-order valence-electron chi connectivity index (χ2n) is 14.8. The molecule has 1 aliphatic rings. The smallest absolute Gasteiger partial charge is 0.329 e. The molecule has 0 radical (unpaired) electrons. The Kier molecular flexibility index (Phi) is 33.1. The molecule has 1 amide bonds. The maximum atomic E-state index is 13.4. The van der Waals surface area contributed by atoms with Crippen LogP contribution >= 0.6 is 21.6 Å². The Morgan fingerprint density at radius 2 is 1.02 bits per heavy atom. The Morgan fingerprint density at radius 3 is 1.52 bits per heavy atom. The third kappa shape index (κ3) is 25.3. The second kappa shape index (κ2) is 35.9. The van der Waals surface area contributed by atoms with Crippen LogP contribution < -0.4 is 28.3 Å². The van der Waals surface area contributed by atoms with Crippen molar-refractivity contribution in [3.05, 3.63) is 0 Å². The average molecular weight is 894 g/mol. The first-order valence-electron chi connectivity index (χ1n) is 22.0. The van der Waals surface area contributed by atoms with E-state index < -0.39 is 98.5 Å². The number of rotatable bonds is 36. The van der Waals surface area contributed by atoms with Crippen molar-refractivity contribution in [1.82, 2.24) is 5.32 Å². The summed E-state index contributed by atoms with van der Waals surface area (Å²) in [5.41, 5.74) is 20.8. The minimum absolute atomic E-state index is 0.00805. The molecule has 0 bridgehead atoms. The molecular formula is C41H75N5O12S2. The van der Waals surface area contributed by atoms with E-state index in [9.17, 15) is 28.8 Å². The van der Waals surface area contributed by atoms with Crippen molar-refractivity contribution >= 4 is 57.3 Å². The van der Waals surface area contributed by atoms with Gasteiger partial charge in [-0.3, -0.25) is 24.0 Å². The van der Waals surface area contributed by atoms with E-state index in [0.717, 1.165) is 60.1 Å². The fourth-order valence-electron chi connectivity index (χ4n) is 6.39. The Morgan fingerprint density at radius 1 is 0.567 bits per heavy atom. The molecule has 19 heteroatoms. The van der Waals surface area contributed by atoms with Gasteiger partial charge in [0.15, 0.2) is 23.7 Å². The van der Waals surface area contributed by atoms with Crippen molar-refractivity contribution in [2.75, 3.05) is 45.1 Å². The molecule has 0 aliphatic carbocycles. The highest BCUT2D eigenvalue weighted by Gasteiger charge is 2.53. The molecule has 1 fully saturated rings. The van der Waals surface area contributed by atoms with Crippen LogP contribution in [0.3, 0.4) is 0 Å². The lowest BCUT2D eigenvalue weighted by molar-refractivity contribution is -0.238. The summed E-state index contributed by atoms with van der Waals surface area (Å²) in [5, 5.41) is 2.84. The normalized spacial score (nSPS) is 19.2. The zero-order chi connectivity index (χ0) is 44.4. The van der Waals surface area contributed by atoms with Crippen molar-refractivity contribution in [2.45, 2.75) is 178 Å². The van der Waals surface area contributed by atoms with Crippen molar-refractivity contribution in [1.29, 1.82) is 0 Å². The minimum atomic E-state index is -1.52. The number of nitrogens with one attached hydrogen (secondary N) is 1. The first-order valence-corrected chi connectivity index (χ1v) is 24.4. The number of esters is 5. The molecule has 3 unspecified atom stereocenters. The molecular weight excluding hydrogens is 819 g/mol. The van der Waals surface area contributed by atoms with E-state index in [0.29, 0.717) is 12.8 Å². The van der Waals surface area contributed by atoms with Gasteiger partial charge in [0.05, 0.1) is 32.8 Å². The summed E-state index contributed by atoms with van der Waals surface area (Å²) >= 11 is 0. The highest BCUT2D eigenvalue weighted by Crippen LogP contribution is 2.39. The lowest BCUT2D eigenvalue weighted by Gasteiger charge is -2.44. The quantitative estimate of drug-likeness (QED) is 0.0257. The molecule has 1 saturated heterocycles. The van der Waals surface area contributed by atoms with Crippen LogP contribution in [0.1, 0.15) is 142 Å². The van der Waals surface area contributed by atoms with Gasteiger partial charge < -0.3 is 56.7 Å². The van der Waals surface area contributed by atoms with Crippen molar-refractivity contribution in [3.8, 4) is 0 Å². The van der Waals surface area contributed by atoms with E-state index in [1.165, 1.54) is 70.6 Å². The summed E-state index contributed by atoms with van der Waals surface area (Å²) in [6.07, 6.45) is 15.7. The molecule has 0 saturated carbocycles. The topological polar surface area (TPSA) is 274 Å². The second-order valence-corrected chi connectivity index (χ2v) is 17.3. The summed E-state index contributed by atoms with van der Waals surface area (Å²) in [7, 11) is 2.07. The highest BCUT2D eigenvalue weighted by molar-refractivity contribution is 8.76. The SMILES string of the molecule is CCCCCCCCCCCCOC(=O)C(CSSC1OC(COC(=O)CN)[C@@H](OC(=O)CN)[C@H](OC(=O)CN)[C@H]1OC(=O)CN)NC(=O)CCCCCCCCCCC. The number of hydrogen-bond acceptors (Lipinski definition) is 18. The Bertz CT molecular complexity index is 1220. The van der Waals surface area contributed by atoms with E-state index in [2.05, 4.69) is 19.2 Å². The zero-order valence-corrected chi connectivity index (χ0v) is 37.7. The molecule has 60 heavy (non-hydrogen) atoms. The molecule has 0 spiro atoms. The summed E-state index contributed by atoms with van der Waals surface area (Å²) in [5.74, 6) is -4.42. The van der Waals surface area contributed by atoms with Gasteiger partial charge in [-0.25, -0.2) is 4.79 Å². The number of hydrogen-bond donors (Lipinski definition) is 5. The van der Waals surface area contributed by atoms with Crippen LogP contribution in [0.15, 0.2) is 0 Å². The molecule has 1 rings (SSSR count). The largest absolute Gasteiger partial charge is 0.464 e. The predicted molar refractivity (Wildman–Crippen MR) is 232 cm³/mol. The Balaban J connectivity index is 3.10. The maximum absolute atomic E-state index is 13.4. The van der Waals surface area contributed by atoms with E-state index >= 15 is 0 Å². The highest BCUT2D eigenvalue weighted by atomic mass is 33.1. The third-order valence-electron chi connectivity index (χ3n) is 9.74. The fraction of sp³-hybridized carbons (Fsp3) is 0.854.